The molecule has 0 saturated carbocycles. The zero-order valence-corrected chi connectivity index (χ0v) is 22.9. The van der Waals surface area contributed by atoms with E-state index in [1.807, 2.05) is 31.2 Å². The van der Waals surface area contributed by atoms with E-state index < -0.39 is 28.5 Å². The van der Waals surface area contributed by atoms with Crippen molar-refractivity contribution in [3.05, 3.63) is 94.5 Å². The molecule has 1 atom stereocenters. The normalized spacial score (nSPS) is 12.0. The third-order valence-electron chi connectivity index (χ3n) is 5.68. The van der Waals surface area contributed by atoms with Gasteiger partial charge in [-0.25, -0.2) is 8.42 Å². The number of hydrogen-bond acceptors (Lipinski definition) is 4. The largest absolute Gasteiger partial charge is 0.355 e. The second kappa shape index (κ2) is 12.2. The quantitative estimate of drug-likeness (QED) is 0.388. The molecule has 0 saturated heterocycles. The number of anilines is 1. The summed E-state index contributed by atoms with van der Waals surface area (Å²) in [6, 6.07) is 21.5. The van der Waals surface area contributed by atoms with Crippen LogP contribution in [-0.4, -0.2) is 44.3 Å². The number of sulfonamides is 1. The lowest BCUT2D eigenvalue weighted by Gasteiger charge is -2.32. The van der Waals surface area contributed by atoms with Gasteiger partial charge in [-0.3, -0.25) is 13.9 Å². The monoisotopic (exact) mass is 571 g/mol. The fourth-order valence-electron chi connectivity index (χ4n) is 3.77. The van der Waals surface area contributed by atoms with E-state index in [0.717, 1.165) is 19.9 Å². The van der Waals surface area contributed by atoms with Gasteiger partial charge >= 0.3 is 0 Å². The van der Waals surface area contributed by atoms with Gasteiger partial charge in [-0.2, -0.15) is 0 Å². The van der Waals surface area contributed by atoms with Crippen molar-refractivity contribution in [2.75, 3.05) is 17.4 Å². The lowest BCUT2D eigenvalue weighted by molar-refractivity contribution is -0.139. The molecular formula is C27H30BrN3O4S. The smallest absolute Gasteiger partial charge is 0.264 e. The summed E-state index contributed by atoms with van der Waals surface area (Å²) in [6.07, 6.45) is 0. The lowest BCUT2D eigenvalue weighted by atomic mass is 10.1. The SMILES string of the molecule is CCNC(=O)[C@H](C)N(Cc1cccc(C)c1)C(=O)CN(c1ccc(Br)cc1)S(=O)(=O)c1ccccc1. The number of benzene rings is 3. The lowest BCUT2D eigenvalue weighted by Crippen LogP contribution is -2.51. The van der Waals surface area contributed by atoms with Crippen LogP contribution in [0.5, 0.6) is 0 Å². The van der Waals surface area contributed by atoms with Crippen molar-refractivity contribution in [1.29, 1.82) is 0 Å². The summed E-state index contributed by atoms with van der Waals surface area (Å²) in [5, 5.41) is 2.76. The van der Waals surface area contributed by atoms with E-state index in [9.17, 15) is 18.0 Å². The van der Waals surface area contributed by atoms with Gasteiger partial charge in [0.05, 0.1) is 10.6 Å². The van der Waals surface area contributed by atoms with E-state index in [1.165, 1.54) is 17.0 Å². The number of likely N-dealkylation sites (N-methyl/N-ethyl adjacent to an activating group) is 1. The van der Waals surface area contributed by atoms with Crippen LogP contribution >= 0.6 is 15.9 Å². The van der Waals surface area contributed by atoms with Crippen LogP contribution in [-0.2, 0) is 26.2 Å². The third kappa shape index (κ3) is 6.73. The van der Waals surface area contributed by atoms with Gasteiger partial charge in [0.1, 0.15) is 12.6 Å². The number of aryl methyl sites for hydroxylation is 1. The van der Waals surface area contributed by atoms with Gasteiger partial charge in [0, 0.05) is 17.6 Å². The van der Waals surface area contributed by atoms with E-state index in [4.69, 9.17) is 0 Å². The highest BCUT2D eigenvalue weighted by Gasteiger charge is 2.32. The molecule has 0 bridgehead atoms. The van der Waals surface area contributed by atoms with Gasteiger partial charge in [0.25, 0.3) is 10.0 Å². The van der Waals surface area contributed by atoms with Crippen LogP contribution in [0.25, 0.3) is 0 Å². The highest BCUT2D eigenvalue weighted by Crippen LogP contribution is 2.26. The molecule has 0 aliphatic rings. The average molecular weight is 573 g/mol. The van der Waals surface area contributed by atoms with Crippen LogP contribution in [0.3, 0.4) is 0 Å². The Balaban J connectivity index is 2.01. The third-order valence-corrected chi connectivity index (χ3v) is 8.00. The van der Waals surface area contributed by atoms with Crippen molar-refractivity contribution in [3.8, 4) is 0 Å². The maximum Gasteiger partial charge on any atom is 0.264 e. The molecule has 7 nitrogen and oxygen atoms in total. The summed E-state index contributed by atoms with van der Waals surface area (Å²) in [5.74, 6) is -0.794. The molecule has 0 spiro atoms. The van der Waals surface area contributed by atoms with E-state index in [2.05, 4.69) is 21.2 Å². The van der Waals surface area contributed by atoms with Crippen molar-refractivity contribution in [1.82, 2.24) is 10.2 Å². The van der Waals surface area contributed by atoms with Crippen LogP contribution in [0.4, 0.5) is 5.69 Å². The molecule has 0 radical (unpaired) electrons. The number of carbonyl (C=O) groups is 2. The van der Waals surface area contributed by atoms with E-state index in [0.29, 0.717) is 12.2 Å². The Kier molecular flexibility index (Phi) is 9.28. The Hall–Kier alpha value is -3.17. The molecule has 0 aromatic heterocycles. The maximum atomic E-state index is 13.7. The van der Waals surface area contributed by atoms with Crippen LogP contribution in [0, 0.1) is 6.92 Å². The van der Waals surface area contributed by atoms with Crippen molar-refractivity contribution in [2.24, 2.45) is 0 Å². The molecule has 1 N–H and O–H groups in total. The molecule has 190 valence electrons. The molecule has 2 amide bonds. The molecule has 0 unspecified atom stereocenters. The molecule has 3 aromatic rings. The van der Waals surface area contributed by atoms with Crippen molar-refractivity contribution in [2.45, 2.75) is 38.3 Å². The zero-order chi connectivity index (χ0) is 26.3. The second-order valence-electron chi connectivity index (χ2n) is 8.38. The molecule has 0 aliphatic carbocycles. The summed E-state index contributed by atoms with van der Waals surface area (Å²) in [6.45, 7) is 5.52. The van der Waals surface area contributed by atoms with Gasteiger partial charge in [-0.15, -0.1) is 0 Å². The molecule has 3 rings (SSSR count). The number of amides is 2. The molecular weight excluding hydrogens is 542 g/mol. The Morgan fingerprint density at radius 2 is 1.64 bits per heavy atom. The number of rotatable bonds is 10. The molecule has 36 heavy (non-hydrogen) atoms. The molecule has 0 heterocycles. The van der Waals surface area contributed by atoms with Gasteiger partial charge < -0.3 is 10.2 Å². The van der Waals surface area contributed by atoms with Crippen molar-refractivity contribution >= 4 is 43.5 Å². The first-order chi connectivity index (χ1) is 17.1. The zero-order valence-electron chi connectivity index (χ0n) is 20.5. The summed E-state index contributed by atoms with van der Waals surface area (Å²) < 4.78 is 29.2. The van der Waals surface area contributed by atoms with E-state index in [1.54, 1.807) is 56.3 Å². The predicted molar refractivity (Wildman–Crippen MR) is 145 cm³/mol. The number of carbonyl (C=O) groups excluding carboxylic acids is 2. The first-order valence-electron chi connectivity index (χ1n) is 11.6. The number of nitrogens with zero attached hydrogens (tertiary/aromatic N) is 2. The Morgan fingerprint density at radius 1 is 0.972 bits per heavy atom. The first kappa shape index (κ1) is 27.4. The highest BCUT2D eigenvalue weighted by atomic mass is 79.9. The van der Waals surface area contributed by atoms with Crippen LogP contribution in [0.15, 0.2) is 88.2 Å². The maximum absolute atomic E-state index is 13.7. The topological polar surface area (TPSA) is 86.8 Å². The molecule has 9 heteroatoms. The summed E-state index contributed by atoms with van der Waals surface area (Å²) in [7, 11) is -4.06. The number of nitrogens with one attached hydrogen (secondary N) is 1. The van der Waals surface area contributed by atoms with Crippen molar-refractivity contribution in [3.63, 3.8) is 0 Å². The Labute approximate surface area is 221 Å². The van der Waals surface area contributed by atoms with Gasteiger partial charge in [-0.1, -0.05) is 64.0 Å². The minimum atomic E-state index is -4.06. The fourth-order valence-corrected chi connectivity index (χ4v) is 5.47. The van der Waals surface area contributed by atoms with Gasteiger partial charge in [0.2, 0.25) is 11.8 Å². The Morgan fingerprint density at radius 3 is 2.25 bits per heavy atom. The van der Waals surface area contributed by atoms with Gasteiger partial charge in [-0.05, 0) is 62.7 Å². The standard InChI is InChI=1S/C27H30BrN3O4S/c1-4-29-27(33)21(3)30(18-22-10-8-9-20(2)17-22)26(32)19-31(24-15-13-23(28)14-16-24)36(34,35)25-11-6-5-7-12-25/h5-17,21H,4,18-19H2,1-3H3,(H,29,33)/t21-/m0/s1. The minimum Gasteiger partial charge on any atom is -0.355 e. The van der Waals surface area contributed by atoms with Crippen molar-refractivity contribution < 1.29 is 18.0 Å². The highest BCUT2D eigenvalue weighted by molar-refractivity contribution is 9.10. The van der Waals surface area contributed by atoms with E-state index in [-0.39, 0.29) is 17.3 Å². The fraction of sp³-hybridized carbons (Fsp3) is 0.259. The summed E-state index contributed by atoms with van der Waals surface area (Å²) >= 11 is 3.37. The number of halogens is 1. The Bertz CT molecular complexity index is 1300. The van der Waals surface area contributed by atoms with Crippen LogP contribution in [0.1, 0.15) is 25.0 Å². The number of hydrogen-bond donors (Lipinski definition) is 1. The van der Waals surface area contributed by atoms with Gasteiger partial charge in [0.15, 0.2) is 0 Å². The molecule has 3 aromatic carbocycles. The summed E-state index contributed by atoms with van der Waals surface area (Å²) in [4.78, 5) is 28.0. The first-order valence-corrected chi connectivity index (χ1v) is 13.8. The second-order valence-corrected chi connectivity index (χ2v) is 11.2. The predicted octanol–water partition coefficient (Wildman–Crippen LogP) is 4.51. The van der Waals surface area contributed by atoms with Crippen LogP contribution < -0.4 is 9.62 Å². The summed E-state index contributed by atoms with van der Waals surface area (Å²) in [5.41, 5.74) is 2.21. The average Bonchev–Trinajstić information content (AvgIpc) is 2.86. The minimum absolute atomic E-state index is 0.0720. The molecule has 0 aliphatic heterocycles. The van der Waals surface area contributed by atoms with E-state index >= 15 is 0 Å². The molecule has 0 fully saturated rings. The van der Waals surface area contributed by atoms with Crippen LogP contribution in [0.2, 0.25) is 0 Å².